The third-order valence-electron chi connectivity index (χ3n) is 6.44. The molecule has 1 aromatic heterocycles. The smallest absolute Gasteiger partial charge is 0.253 e. The highest BCUT2D eigenvalue weighted by molar-refractivity contribution is 5.94. The summed E-state index contributed by atoms with van der Waals surface area (Å²) in [6, 6.07) is 7.69. The summed E-state index contributed by atoms with van der Waals surface area (Å²) in [5.41, 5.74) is 1.38. The Labute approximate surface area is 188 Å². The highest BCUT2D eigenvalue weighted by Crippen LogP contribution is 2.31. The molecule has 2 amide bonds. The molecule has 1 aromatic carbocycles. The van der Waals surface area contributed by atoms with Crippen molar-refractivity contribution in [1.29, 1.82) is 0 Å². The van der Waals surface area contributed by atoms with Crippen LogP contribution in [0.25, 0.3) is 0 Å². The van der Waals surface area contributed by atoms with Crippen molar-refractivity contribution in [1.82, 2.24) is 24.6 Å². The number of amides is 2. The number of hydrogen-bond donors (Lipinski definition) is 0. The molecule has 32 heavy (non-hydrogen) atoms. The molecular formula is C23H32N6O3. The first-order chi connectivity index (χ1) is 15.3. The molecule has 0 aliphatic carbocycles. The first-order valence-corrected chi connectivity index (χ1v) is 11.1. The molecule has 0 unspecified atom stereocenters. The van der Waals surface area contributed by atoms with Gasteiger partial charge in [-0.05, 0) is 51.0 Å². The van der Waals surface area contributed by atoms with Crippen LogP contribution in [0.1, 0.15) is 34.8 Å². The van der Waals surface area contributed by atoms with E-state index in [1.54, 1.807) is 4.68 Å². The van der Waals surface area contributed by atoms with Crippen molar-refractivity contribution in [2.24, 2.45) is 0 Å². The van der Waals surface area contributed by atoms with Gasteiger partial charge in [0.25, 0.3) is 5.91 Å². The van der Waals surface area contributed by atoms with Crippen LogP contribution in [0.3, 0.4) is 0 Å². The van der Waals surface area contributed by atoms with Crippen molar-refractivity contribution >= 4 is 17.5 Å². The van der Waals surface area contributed by atoms with Crippen LogP contribution in [-0.2, 0) is 16.1 Å². The molecule has 1 spiro atoms. The monoisotopic (exact) mass is 440 g/mol. The lowest BCUT2D eigenvalue weighted by Crippen LogP contribution is -2.59. The van der Waals surface area contributed by atoms with Crippen molar-refractivity contribution in [2.45, 2.75) is 38.8 Å². The summed E-state index contributed by atoms with van der Waals surface area (Å²) in [5, 5.41) is 4.30. The van der Waals surface area contributed by atoms with Crippen molar-refractivity contribution in [3.63, 3.8) is 0 Å². The minimum atomic E-state index is -0.382. The summed E-state index contributed by atoms with van der Waals surface area (Å²) in [4.78, 5) is 35.9. The minimum Gasteiger partial charge on any atom is -0.378 e. The number of piperidine rings is 1. The number of morpholine rings is 1. The molecule has 172 valence electrons. The molecule has 0 N–H and O–H groups in total. The fourth-order valence-corrected chi connectivity index (χ4v) is 4.50. The zero-order chi connectivity index (χ0) is 22.9. The van der Waals surface area contributed by atoms with Crippen LogP contribution in [0.15, 0.2) is 24.3 Å². The van der Waals surface area contributed by atoms with Gasteiger partial charge in [-0.1, -0.05) is 0 Å². The number of benzene rings is 1. The molecule has 2 fully saturated rings. The highest BCUT2D eigenvalue weighted by atomic mass is 16.5. The number of carbonyl (C=O) groups excluding carboxylic acids is 2. The van der Waals surface area contributed by atoms with Crippen LogP contribution >= 0.6 is 0 Å². The van der Waals surface area contributed by atoms with Crippen LogP contribution in [0.4, 0.5) is 5.69 Å². The third kappa shape index (κ3) is 4.62. The second kappa shape index (κ2) is 8.90. The van der Waals surface area contributed by atoms with Crippen LogP contribution in [0, 0.1) is 13.8 Å². The van der Waals surface area contributed by atoms with Gasteiger partial charge in [0.2, 0.25) is 5.91 Å². The van der Waals surface area contributed by atoms with Crippen molar-refractivity contribution in [2.75, 3.05) is 51.8 Å². The second-order valence-electron chi connectivity index (χ2n) is 8.94. The molecule has 2 aliphatic rings. The molecular weight excluding hydrogens is 408 g/mol. The number of nitrogens with zero attached hydrogens (tertiary/aromatic N) is 6. The number of aryl methyl sites for hydroxylation is 2. The summed E-state index contributed by atoms with van der Waals surface area (Å²) in [6.07, 6.45) is 1.44. The molecule has 2 saturated heterocycles. The average molecular weight is 441 g/mol. The Morgan fingerprint density at radius 2 is 1.75 bits per heavy atom. The van der Waals surface area contributed by atoms with Gasteiger partial charge in [-0.3, -0.25) is 9.59 Å². The lowest BCUT2D eigenvalue weighted by molar-refractivity contribution is -0.158. The fraction of sp³-hybridized carbons (Fsp3) is 0.565. The molecule has 9 nitrogen and oxygen atoms in total. The van der Waals surface area contributed by atoms with E-state index in [0.29, 0.717) is 44.2 Å². The third-order valence-corrected chi connectivity index (χ3v) is 6.44. The Morgan fingerprint density at radius 1 is 1.06 bits per heavy atom. The van der Waals surface area contributed by atoms with Gasteiger partial charge in [0.05, 0.1) is 12.2 Å². The van der Waals surface area contributed by atoms with E-state index in [0.717, 1.165) is 24.4 Å². The maximum Gasteiger partial charge on any atom is 0.253 e. The van der Waals surface area contributed by atoms with Gasteiger partial charge in [-0.2, -0.15) is 5.10 Å². The zero-order valence-electron chi connectivity index (χ0n) is 19.4. The Kier molecular flexibility index (Phi) is 6.19. The number of carbonyl (C=O) groups is 2. The largest absolute Gasteiger partial charge is 0.378 e. The fourth-order valence-electron chi connectivity index (χ4n) is 4.50. The standard InChI is InChI=1S/C23H32N6O3/c1-17-24-18(2)29(25-17)15-21(30)28-13-14-32-23(16-28)9-11-27(12-10-23)22(31)19-5-7-20(8-6-19)26(3)4/h5-8H,9-16H2,1-4H3. The molecule has 2 aromatic rings. The molecule has 3 heterocycles. The SMILES string of the molecule is Cc1nc(C)n(CC(=O)N2CCOC3(CCN(C(=O)c4ccc(N(C)C)cc4)CC3)C2)n1. The molecule has 4 rings (SSSR count). The van der Waals surface area contributed by atoms with E-state index < -0.39 is 0 Å². The molecule has 0 radical (unpaired) electrons. The van der Waals surface area contributed by atoms with Crippen LogP contribution in [0.2, 0.25) is 0 Å². The zero-order valence-corrected chi connectivity index (χ0v) is 19.4. The lowest BCUT2D eigenvalue weighted by atomic mass is 9.89. The summed E-state index contributed by atoms with van der Waals surface area (Å²) in [5.74, 6) is 1.48. The minimum absolute atomic E-state index is 0.0279. The van der Waals surface area contributed by atoms with E-state index in [1.807, 2.05) is 66.9 Å². The van der Waals surface area contributed by atoms with E-state index in [4.69, 9.17) is 4.74 Å². The first-order valence-electron chi connectivity index (χ1n) is 11.1. The van der Waals surface area contributed by atoms with Gasteiger partial charge < -0.3 is 19.4 Å². The van der Waals surface area contributed by atoms with Gasteiger partial charge in [0.15, 0.2) is 0 Å². The maximum atomic E-state index is 13.0. The number of likely N-dealkylation sites (tertiary alicyclic amines) is 1. The number of ether oxygens (including phenoxy) is 1. The van der Waals surface area contributed by atoms with E-state index >= 15 is 0 Å². The predicted molar refractivity (Wildman–Crippen MR) is 121 cm³/mol. The Morgan fingerprint density at radius 3 is 2.34 bits per heavy atom. The number of aromatic nitrogens is 3. The normalized spacial score (nSPS) is 18.1. The highest BCUT2D eigenvalue weighted by Gasteiger charge is 2.42. The average Bonchev–Trinajstić information content (AvgIpc) is 3.10. The van der Waals surface area contributed by atoms with Gasteiger partial charge in [0, 0.05) is 51.5 Å². The number of hydrogen-bond acceptors (Lipinski definition) is 6. The summed E-state index contributed by atoms with van der Waals surface area (Å²) < 4.78 is 7.82. The van der Waals surface area contributed by atoms with E-state index in [-0.39, 0.29) is 24.0 Å². The molecule has 9 heteroatoms. The summed E-state index contributed by atoms with van der Waals surface area (Å²) in [7, 11) is 3.96. The van der Waals surface area contributed by atoms with E-state index in [2.05, 4.69) is 10.1 Å². The van der Waals surface area contributed by atoms with Crippen LogP contribution in [0.5, 0.6) is 0 Å². The van der Waals surface area contributed by atoms with E-state index in [1.165, 1.54) is 0 Å². The Balaban J connectivity index is 1.35. The maximum absolute atomic E-state index is 13.0. The Bertz CT molecular complexity index is 976. The van der Waals surface area contributed by atoms with Gasteiger partial charge >= 0.3 is 0 Å². The van der Waals surface area contributed by atoms with Gasteiger partial charge in [-0.15, -0.1) is 0 Å². The Hall–Kier alpha value is -2.94. The van der Waals surface area contributed by atoms with E-state index in [9.17, 15) is 9.59 Å². The molecule has 0 saturated carbocycles. The predicted octanol–water partition coefficient (Wildman–Crippen LogP) is 1.49. The number of rotatable bonds is 4. The first kappa shape index (κ1) is 22.3. The molecule has 0 atom stereocenters. The molecule has 2 aliphatic heterocycles. The van der Waals surface area contributed by atoms with Gasteiger partial charge in [-0.25, -0.2) is 9.67 Å². The second-order valence-corrected chi connectivity index (χ2v) is 8.94. The van der Waals surface area contributed by atoms with Crippen molar-refractivity contribution in [3.8, 4) is 0 Å². The lowest BCUT2D eigenvalue weighted by Gasteiger charge is -2.47. The van der Waals surface area contributed by atoms with Gasteiger partial charge in [0.1, 0.15) is 18.2 Å². The topological polar surface area (TPSA) is 83.8 Å². The molecule has 0 bridgehead atoms. The van der Waals surface area contributed by atoms with Crippen LogP contribution < -0.4 is 4.90 Å². The van der Waals surface area contributed by atoms with Crippen molar-refractivity contribution < 1.29 is 14.3 Å². The van der Waals surface area contributed by atoms with Crippen molar-refractivity contribution in [3.05, 3.63) is 41.5 Å². The summed E-state index contributed by atoms with van der Waals surface area (Å²) in [6.45, 7) is 6.76. The summed E-state index contributed by atoms with van der Waals surface area (Å²) >= 11 is 0. The quantitative estimate of drug-likeness (QED) is 0.716. The van der Waals surface area contributed by atoms with Crippen LogP contribution in [-0.4, -0.2) is 88.9 Å². The number of anilines is 1.